The molecule has 3 rings (SSSR count). The Labute approximate surface area is 162 Å². The number of hydrogen-bond donors (Lipinski definition) is 0. The normalized spacial score (nSPS) is 13.0. The third-order valence-electron chi connectivity index (χ3n) is 2.49. The molecule has 0 radical (unpaired) electrons. The molecule has 0 aliphatic heterocycles. The molecule has 0 bridgehead atoms. The van der Waals surface area contributed by atoms with Gasteiger partial charge in [-0.15, -0.1) is 25.0 Å². The van der Waals surface area contributed by atoms with Gasteiger partial charge in [0.15, 0.2) is 0 Å². The van der Waals surface area contributed by atoms with Crippen LogP contribution in [0.1, 0.15) is 18.4 Å². The zero-order valence-corrected chi connectivity index (χ0v) is 15.3. The van der Waals surface area contributed by atoms with Crippen molar-refractivity contribution in [2.24, 2.45) is 0 Å². The molecule has 0 amide bonds. The summed E-state index contributed by atoms with van der Waals surface area (Å²) in [5.41, 5.74) is -0.818. The largest absolute Gasteiger partial charge is 4.00 e. The topological polar surface area (TPSA) is 9.23 Å². The molecule has 1 aromatic rings. The van der Waals surface area contributed by atoms with Crippen LogP contribution >= 0.6 is 0 Å². The second-order valence-electron chi connectivity index (χ2n) is 4.15. The van der Waals surface area contributed by atoms with Gasteiger partial charge in [0.25, 0.3) is 0 Å². The van der Waals surface area contributed by atoms with Gasteiger partial charge in [0.2, 0.25) is 0 Å². The van der Waals surface area contributed by atoms with E-state index >= 15 is 0 Å². The average Bonchev–Trinajstić information content (AvgIpc) is 3.24. The van der Waals surface area contributed by atoms with Crippen molar-refractivity contribution in [2.75, 3.05) is 7.11 Å². The van der Waals surface area contributed by atoms with Crippen molar-refractivity contribution in [2.45, 2.75) is 19.0 Å². The third-order valence-corrected chi connectivity index (χ3v) is 2.49. The Bertz CT molecular complexity index is 522. The van der Waals surface area contributed by atoms with Gasteiger partial charge in [0.05, 0.1) is 7.11 Å². The first-order valence-electron chi connectivity index (χ1n) is 6.60. The molecule has 1 aromatic carbocycles. The minimum Gasteiger partial charge on any atom is -1.00 e. The molecule has 0 saturated carbocycles. The number of halogens is 4. The summed E-state index contributed by atoms with van der Waals surface area (Å²) in [5.74, 6) is 0.182. The molecule has 1 nitrogen and oxygen atoms in total. The first-order valence-corrected chi connectivity index (χ1v) is 6.60. The van der Waals surface area contributed by atoms with Crippen molar-refractivity contribution in [3.05, 3.63) is 78.4 Å². The van der Waals surface area contributed by atoms with E-state index in [1.54, 1.807) is 0 Å². The Morgan fingerprint density at radius 1 is 1.04 bits per heavy atom. The van der Waals surface area contributed by atoms with Gasteiger partial charge in [-0.2, -0.15) is 37.5 Å². The van der Waals surface area contributed by atoms with E-state index in [1.165, 1.54) is 19.2 Å². The fraction of sp³-hybridized carbons (Fsp3) is 0.222. The maximum absolute atomic E-state index is 12.0. The molecule has 0 unspecified atom stereocenters. The summed E-state index contributed by atoms with van der Waals surface area (Å²) in [6.45, 7) is 0. The minimum absolute atomic E-state index is 0. The molecule has 0 atom stereocenters. The van der Waals surface area contributed by atoms with Gasteiger partial charge in [0.1, 0.15) is 0 Å². The molecule has 24 heavy (non-hydrogen) atoms. The van der Waals surface area contributed by atoms with Gasteiger partial charge in [-0.05, 0) is 0 Å². The van der Waals surface area contributed by atoms with E-state index in [4.69, 9.17) is 0 Å². The number of rotatable bonds is 1. The molecule has 6 heteroatoms. The maximum atomic E-state index is 12.0. The second-order valence-corrected chi connectivity index (χ2v) is 4.15. The fourth-order valence-corrected chi connectivity index (χ4v) is 1.42. The van der Waals surface area contributed by atoms with E-state index in [-0.39, 0.29) is 39.9 Å². The molecule has 0 N–H and O–H groups in total. The number of methoxy groups -OCH3 is 1. The first-order chi connectivity index (χ1) is 10.5. The SMILES string of the molecule is COc1cc[c-]c(C(F)(F)F)c1.[C-]1=CC=CC1.[C-]1=CC=CC1.[Cl-].[Ti+4]. The van der Waals surface area contributed by atoms with Crippen molar-refractivity contribution in [3.8, 4) is 5.75 Å². The van der Waals surface area contributed by atoms with Gasteiger partial charge in [-0.3, -0.25) is 12.2 Å². The Hall–Kier alpha value is -1.23. The van der Waals surface area contributed by atoms with E-state index in [2.05, 4.69) is 35.1 Å². The zero-order chi connectivity index (χ0) is 16.3. The zero-order valence-electron chi connectivity index (χ0n) is 13.0. The van der Waals surface area contributed by atoms with E-state index < -0.39 is 11.7 Å². The summed E-state index contributed by atoms with van der Waals surface area (Å²) in [7, 11) is 1.31. The van der Waals surface area contributed by atoms with Crippen LogP contribution in [0.25, 0.3) is 0 Å². The number of hydrogen-bond acceptors (Lipinski definition) is 1. The first kappa shape index (κ1) is 25.0. The van der Waals surface area contributed by atoms with E-state index in [1.807, 2.05) is 24.3 Å². The summed E-state index contributed by atoms with van der Waals surface area (Å²) >= 11 is 0. The fourth-order valence-electron chi connectivity index (χ4n) is 1.42. The number of allylic oxidation sites excluding steroid dienone is 8. The summed E-state index contributed by atoms with van der Waals surface area (Å²) < 4.78 is 40.7. The van der Waals surface area contributed by atoms with Crippen molar-refractivity contribution >= 4 is 0 Å². The second kappa shape index (κ2) is 14.1. The molecule has 2 aliphatic carbocycles. The number of ether oxygens (including phenoxy) is 1. The maximum Gasteiger partial charge on any atom is 4.00 e. The molecule has 0 saturated heterocycles. The number of benzene rings is 1. The Morgan fingerprint density at radius 3 is 1.88 bits per heavy atom. The molecular formula is C18H16ClF3OTi. The predicted molar refractivity (Wildman–Crippen MR) is 80.0 cm³/mol. The van der Waals surface area contributed by atoms with Crippen LogP contribution < -0.4 is 17.1 Å². The quantitative estimate of drug-likeness (QED) is 0.529. The van der Waals surface area contributed by atoms with Gasteiger partial charge >= 0.3 is 27.9 Å². The van der Waals surface area contributed by atoms with E-state index in [9.17, 15) is 13.2 Å². The van der Waals surface area contributed by atoms with Crippen LogP contribution in [0.15, 0.2) is 54.7 Å². The van der Waals surface area contributed by atoms with Crippen molar-refractivity contribution in [3.63, 3.8) is 0 Å². The molecule has 0 spiro atoms. The predicted octanol–water partition coefficient (Wildman–Crippen LogP) is 2.13. The van der Waals surface area contributed by atoms with Gasteiger partial charge in [-0.1, -0.05) is 5.56 Å². The van der Waals surface area contributed by atoms with Gasteiger partial charge < -0.3 is 17.1 Å². The van der Waals surface area contributed by atoms with E-state index in [0.717, 1.165) is 18.9 Å². The molecule has 2 aliphatic rings. The van der Waals surface area contributed by atoms with Crippen molar-refractivity contribution in [1.82, 2.24) is 0 Å². The summed E-state index contributed by atoms with van der Waals surface area (Å²) in [6, 6.07) is 5.57. The van der Waals surface area contributed by atoms with Crippen LogP contribution in [0.4, 0.5) is 13.2 Å². The van der Waals surface area contributed by atoms with Crippen molar-refractivity contribution in [1.29, 1.82) is 0 Å². The van der Waals surface area contributed by atoms with Gasteiger partial charge in [-0.25, -0.2) is 24.3 Å². The van der Waals surface area contributed by atoms with E-state index in [0.29, 0.717) is 0 Å². The Kier molecular flexibility index (Phi) is 14.7. The molecule has 0 fully saturated rings. The standard InChI is InChI=1S/C8H6F3O.2C5H5.ClH.Ti/c1-12-7-4-2-3-6(5-7)8(9,10)11;2*1-2-4-5-3-1;;/h2,4-5H,1H3;2*1-3H,4H2;1H;/q3*-1;;+4/p-1. The summed E-state index contributed by atoms with van der Waals surface area (Å²) in [6.07, 6.45) is 15.6. The van der Waals surface area contributed by atoms with Crippen LogP contribution in [0.3, 0.4) is 0 Å². The van der Waals surface area contributed by atoms with Crippen LogP contribution in [0.5, 0.6) is 5.75 Å². The van der Waals surface area contributed by atoms with Crippen LogP contribution in [-0.4, -0.2) is 7.11 Å². The monoisotopic (exact) mass is 388 g/mol. The van der Waals surface area contributed by atoms with Crippen molar-refractivity contribution < 1.29 is 52.0 Å². The minimum atomic E-state index is -4.35. The molecule has 0 heterocycles. The molecule has 126 valence electrons. The molecule has 0 aromatic heterocycles. The van der Waals surface area contributed by atoms with Crippen LogP contribution in [-0.2, 0) is 27.9 Å². The number of alkyl halides is 3. The average molecular weight is 389 g/mol. The van der Waals surface area contributed by atoms with Crippen LogP contribution in [0, 0.1) is 18.2 Å². The third kappa shape index (κ3) is 11.3. The van der Waals surface area contributed by atoms with Gasteiger partial charge in [0, 0.05) is 5.75 Å². The summed E-state index contributed by atoms with van der Waals surface area (Å²) in [5, 5.41) is 0. The Morgan fingerprint density at radius 2 is 1.58 bits per heavy atom. The molecular weight excluding hydrogens is 373 g/mol. The van der Waals surface area contributed by atoms with Crippen LogP contribution in [0.2, 0.25) is 0 Å². The Balaban J connectivity index is 0. The summed E-state index contributed by atoms with van der Waals surface area (Å²) in [4.78, 5) is 0. The smallest absolute Gasteiger partial charge is 1.00 e.